The van der Waals surface area contributed by atoms with Gasteiger partial charge >= 0.3 is 0 Å². The van der Waals surface area contributed by atoms with Crippen LogP contribution in [-0.2, 0) is 0 Å². The highest BCUT2D eigenvalue weighted by molar-refractivity contribution is 8.17. The predicted molar refractivity (Wildman–Crippen MR) is 120 cm³/mol. The lowest BCUT2D eigenvalue weighted by Gasteiger charge is -2.41. The van der Waals surface area contributed by atoms with Gasteiger partial charge in [-0.25, -0.2) is 0 Å². The number of unbranched alkanes of at least 4 members (excludes halogenated alkanes) is 6. The molecule has 0 aromatic rings. The lowest BCUT2D eigenvalue weighted by atomic mass is 9.80. The molecule has 2 rings (SSSR count). The van der Waals surface area contributed by atoms with Crippen molar-refractivity contribution in [2.24, 2.45) is 17.3 Å². The molecular weight excluding hydrogens is 340 g/mol. The first-order chi connectivity index (χ1) is 12.2. The molecular formula is C23H44S2. The van der Waals surface area contributed by atoms with Crippen molar-refractivity contribution in [3.63, 3.8) is 0 Å². The van der Waals surface area contributed by atoms with Crippen molar-refractivity contribution in [2.75, 3.05) is 11.5 Å². The zero-order valence-electron chi connectivity index (χ0n) is 17.4. The first-order valence-corrected chi connectivity index (χ1v) is 13.5. The Morgan fingerprint density at radius 3 is 2.00 bits per heavy atom. The molecule has 1 aliphatic heterocycles. The maximum atomic E-state index is 2.56. The second-order valence-corrected chi connectivity index (χ2v) is 11.8. The van der Waals surface area contributed by atoms with Crippen molar-refractivity contribution in [2.45, 2.75) is 115 Å². The minimum atomic E-state index is 0.620. The molecule has 2 heteroatoms. The van der Waals surface area contributed by atoms with Gasteiger partial charge in [-0.1, -0.05) is 91.4 Å². The molecule has 1 heterocycles. The predicted octanol–water partition coefficient (Wildman–Crippen LogP) is 8.55. The van der Waals surface area contributed by atoms with Crippen molar-refractivity contribution in [1.29, 1.82) is 0 Å². The van der Waals surface area contributed by atoms with Crippen LogP contribution in [0.4, 0.5) is 0 Å². The third-order valence-corrected chi connectivity index (χ3v) is 10.5. The molecule has 0 spiro atoms. The van der Waals surface area contributed by atoms with Gasteiger partial charge in [-0.15, -0.1) is 23.5 Å². The maximum Gasteiger partial charge on any atom is 0.0531 e. The summed E-state index contributed by atoms with van der Waals surface area (Å²) in [5.41, 5.74) is 0.620. The molecule has 2 aliphatic rings. The van der Waals surface area contributed by atoms with Crippen LogP contribution in [0.1, 0.15) is 111 Å². The fourth-order valence-corrected chi connectivity index (χ4v) is 8.30. The lowest BCUT2D eigenvalue weighted by molar-refractivity contribution is 0.268. The summed E-state index contributed by atoms with van der Waals surface area (Å²) < 4.78 is 0.921. The Hall–Kier alpha value is 0.700. The molecule has 0 bridgehead atoms. The minimum Gasteiger partial charge on any atom is -0.147 e. The summed E-state index contributed by atoms with van der Waals surface area (Å²) in [4.78, 5) is 0. The van der Waals surface area contributed by atoms with Gasteiger partial charge in [0.25, 0.3) is 0 Å². The Balaban J connectivity index is 1.60. The van der Waals surface area contributed by atoms with Gasteiger partial charge in [0.2, 0.25) is 0 Å². The van der Waals surface area contributed by atoms with E-state index in [1.165, 1.54) is 101 Å². The molecule has 25 heavy (non-hydrogen) atoms. The van der Waals surface area contributed by atoms with Crippen LogP contribution in [0.15, 0.2) is 0 Å². The van der Waals surface area contributed by atoms with E-state index in [0.717, 1.165) is 16.4 Å². The van der Waals surface area contributed by atoms with Crippen LogP contribution in [0.25, 0.3) is 0 Å². The average molecular weight is 385 g/mol. The SMILES string of the molecule is CCCCCCC[C@]1(C)CS[C@@H](C2CCC(CCCCC)CC2)SC1. The highest BCUT2D eigenvalue weighted by Gasteiger charge is 2.36. The molecule has 0 amide bonds. The van der Waals surface area contributed by atoms with Gasteiger partial charge in [-0.3, -0.25) is 0 Å². The molecule has 0 unspecified atom stereocenters. The third-order valence-electron chi connectivity index (χ3n) is 6.57. The molecule has 0 aromatic carbocycles. The van der Waals surface area contributed by atoms with Crippen molar-refractivity contribution in [3.8, 4) is 0 Å². The largest absolute Gasteiger partial charge is 0.147 e. The summed E-state index contributed by atoms with van der Waals surface area (Å²) in [5, 5.41) is 0. The smallest absolute Gasteiger partial charge is 0.0531 e. The van der Waals surface area contributed by atoms with Crippen molar-refractivity contribution in [3.05, 3.63) is 0 Å². The number of hydrogen-bond acceptors (Lipinski definition) is 2. The van der Waals surface area contributed by atoms with Crippen LogP contribution >= 0.6 is 23.5 Å². The summed E-state index contributed by atoms with van der Waals surface area (Å²) in [5.74, 6) is 4.94. The van der Waals surface area contributed by atoms with Gasteiger partial charge in [0.15, 0.2) is 0 Å². The second kappa shape index (κ2) is 12.2. The van der Waals surface area contributed by atoms with Gasteiger partial charge in [0.1, 0.15) is 0 Å². The van der Waals surface area contributed by atoms with Gasteiger partial charge in [-0.2, -0.15) is 0 Å². The van der Waals surface area contributed by atoms with E-state index in [9.17, 15) is 0 Å². The van der Waals surface area contributed by atoms with Crippen molar-refractivity contribution in [1.82, 2.24) is 0 Å². The van der Waals surface area contributed by atoms with Crippen LogP contribution in [-0.4, -0.2) is 16.1 Å². The molecule has 1 aliphatic carbocycles. The molecule has 0 nitrogen and oxygen atoms in total. The van der Waals surface area contributed by atoms with Gasteiger partial charge in [0, 0.05) is 11.5 Å². The quantitative estimate of drug-likeness (QED) is 0.327. The fourth-order valence-electron chi connectivity index (χ4n) is 4.66. The van der Waals surface area contributed by atoms with Crippen LogP contribution < -0.4 is 0 Å². The van der Waals surface area contributed by atoms with Gasteiger partial charge in [0.05, 0.1) is 4.58 Å². The average Bonchev–Trinajstić information content (AvgIpc) is 2.63. The van der Waals surface area contributed by atoms with Gasteiger partial charge < -0.3 is 0 Å². The highest BCUT2D eigenvalue weighted by atomic mass is 32.2. The summed E-state index contributed by atoms with van der Waals surface area (Å²) in [6.45, 7) is 7.20. The van der Waals surface area contributed by atoms with E-state index < -0.39 is 0 Å². The molecule has 148 valence electrons. The maximum absolute atomic E-state index is 2.56. The molecule has 1 saturated carbocycles. The molecule has 1 saturated heterocycles. The zero-order valence-corrected chi connectivity index (χ0v) is 19.0. The van der Waals surface area contributed by atoms with E-state index >= 15 is 0 Å². The van der Waals surface area contributed by atoms with Crippen LogP contribution in [0.3, 0.4) is 0 Å². The normalized spacial score (nSPS) is 33.5. The van der Waals surface area contributed by atoms with Crippen LogP contribution in [0.2, 0.25) is 0 Å². The molecule has 0 aromatic heterocycles. The minimum absolute atomic E-state index is 0.620. The van der Waals surface area contributed by atoms with Crippen LogP contribution in [0, 0.1) is 17.3 Å². The number of hydrogen-bond donors (Lipinski definition) is 0. The van der Waals surface area contributed by atoms with Gasteiger partial charge in [-0.05, 0) is 36.5 Å². The summed E-state index contributed by atoms with van der Waals surface area (Å²) in [6.07, 6.45) is 20.6. The lowest BCUT2D eigenvalue weighted by Crippen LogP contribution is -2.33. The Morgan fingerprint density at radius 2 is 1.36 bits per heavy atom. The fraction of sp³-hybridized carbons (Fsp3) is 1.00. The number of thioether (sulfide) groups is 2. The van der Waals surface area contributed by atoms with Crippen molar-refractivity contribution >= 4 is 23.5 Å². The summed E-state index contributed by atoms with van der Waals surface area (Å²) in [6, 6.07) is 0. The third kappa shape index (κ3) is 8.08. The van der Waals surface area contributed by atoms with E-state index in [2.05, 4.69) is 44.3 Å². The Labute approximate surface area is 167 Å². The summed E-state index contributed by atoms with van der Waals surface area (Å²) >= 11 is 4.66. The van der Waals surface area contributed by atoms with E-state index in [1.807, 2.05) is 0 Å². The topological polar surface area (TPSA) is 0 Å². The Kier molecular flexibility index (Phi) is 10.7. The first kappa shape index (κ1) is 22.0. The standard InChI is InChI=1S/C23H44S2/c1-4-6-8-9-11-17-23(3)18-24-22(25-19-23)21-15-13-20(14-16-21)12-10-7-5-2/h20-22H,4-19H2,1-3H3/t20?,21?,22-,23-. The van der Waals surface area contributed by atoms with E-state index in [4.69, 9.17) is 0 Å². The van der Waals surface area contributed by atoms with E-state index in [0.29, 0.717) is 5.41 Å². The first-order valence-electron chi connectivity index (χ1n) is 11.4. The summed E-state index contributed by atoms with van der Waals surface area (Å²) in [7, 11) is 0. The molecule has 2 fully saturated rings. The van der Waals surface area contributed by atoms with Crippen LogP contribution in [0.5, 0.6) is 0 Å². The Morgan fingerprint density at radius 1 is 0.760 bits per heavy atom. The zero-order chi connectivity index (χ0) is 18.0. The number of rotatable bonds is 11. The molecule has 0 radical (unpaired) electrons. The highest BCUT2D eigenvalue weighted by Crippen LogP contribution is 2.49. The molecule has 0 atom stereocenters. The van der Waals surface area contributed by atoms with Crippen molar-refractivity contribution < 1.29 is 0 Å². The molecule has 0 N–H and O–H groups in total. The monoisotopic (exact) mass is 384 g/mol. The Bertz CT molecular complexity index is 325. The van der Waals surface area contributed by atoms with E-state index in [-0.39, 0.29) is 0 Å². The second-order valence-electron chi connectivity index (χ2n) is 9.24. The van der Waals surface area contributed by atoms with E-state index in [1.54, 1.807) is 0 Å².